The van der Waals surface area contributed by atoms with Gasteiger partial charge in [0.1, 0.15) is 11.6 Å². The summed E-state index contributed by atoms with van der Waals surface area (Å²) in [6.07, 6.45) is 0. The zero-order chi connectivity index (χ0) is 24.4. The first-order valence-electron chi connectivity index (χ1n) is 11.2. The number of ether oxygens (including phenoxy) is 1. The van der Waals surface area contributed by atoms with Gasteiger partial charge in [0, 0.05) is 11.3 Å². The van der Waals surface area contributed by atoms with Gasteiger partial charge in [0.05, 0.1) is 23.9 Å². The summed E-state index contributed by atoms with van der Waals surface area (Å²) in [5.41, 5.74) is 3.50. The number of nitrogens with one attached hydrogen (secondary N) is 1. The van der Waals surface area contributed by atoms with Gasteiger partial charge in [-0.25, -0.2) is 9.18 Å². The van der Waals surface area contributed by atoms with E-state index in [1.54, 1.807) is 17.0 Å². The molecule has 35 heavy (non-hydrogen) atoms. The molecule has 5 rings (SSSR count). The summed E-state index contributed by atoms with van der Waals surface area (Å²) in [6, 6.07) is 21.9. The van der Waals surface area contributed by atoms with Gasteiger partial charge >= 0.3 is 6.03 Å². The first-order chi connectivity index (χ1) is 17.0. The number of hydrogen-bond acceptors (Lipinski definition) is 5. The summed E-state index contributed by atoms with van der Waals surface area (Å²) in [7, 11) is 0. The fourth-order valence-corrected chi connectivity index (χ4v) is 4.13. The van der Waals surface area contributed by atoms with Crippen molar-refractivity contribution < 1.29 is 18.4 Å². The Bertz CT molecular complexity index is 1370. The molecule has 4 aromatic rings. The second-order valence-electron chi connectivity index (χ2n) is 7.98. The number of hydrogen-bond donors (Lipinski definition) is 1. The van der Waals surface area contributed by atoms with Crippen molar-refractivity contribution in [1.29, 1.82) is 0 Å². The number of carbonyl (C=O) groups is 1. The average molecular weight is 471 g/mol. The highest BCUT2D eigenvalue weighted by Crippen LogP contribution is 2.39. The van der Waals surface area contributed by atoms with E-state index in [1.165, 1.54) is 12.1 Å². The minimum absolute atomic E-state index is 0.265. The number of rotatable bonds is 6. The molecule has 0 spiro atoms. The SMILES string of the molecule is CCOc1ccc(C2NC(=O)N(c3ccccc3)C(C)=C2c2nc(-c3ccc(F)cc3)no2)cc1. The number of benzene rings is 3. The zero-order valence-electron chi connectivity index (χ0n) is 19.2. The third-order valence-corrected chi connectivity index (χ3v) is 5.78. The predicted molar refractivity (Wildman–Crippen MR) is 130 cm³/mol. The highest BCUT2D eigenvalue weighted by Gasteiger charge is 2.36. The number of anilines is 1. The Balaban J connectivity index is 1.61. The molecule has 1 atom stereocenters. The van der Waals surface area contributed by atoms with Crippen molar-refractivity contribution in [3.63, 3.8) is 0 Å². The minimum atomic E-state index is -0.528. The second kappa shape index (κ2) is 9.42. The Hall–Kier alpha value is -4.46. The summed E-state index contributed by atoms with van der Waals surface area (Å²) >= 11 is 0. The first kappa shape index (κ1) is 22.3. The number of aromatic nitrogens is 2. The molecule has 2 amide bonds. The van der Waals surface area contributed by atoms with Crippen LogP contribution >= 0.6 is 0 Å². The Morgan fingerprint density at radius 1 is 1.03 bits per heavy atom. The van der Waals surface area contributed by atoms with Gasteiger partial charge in [-0.2, -0.15) is 4.98 Å². The smallest absolute Gasteiger partial charge is 0.326 e. The largest absolute Gasteiger partial charge is 0.494 e. The molecule has 7 nitrogen and oxygen atoms in total. The van der Waals surface area contributed by atoms with Crippen molar-refractivity contribution >= 4 is 17.3 Å². The molecule has 1 aliphatic rings. The normalized spacial score (nSPS) is 15.8. The van der Waals surface area contributed by atoms with Gasteiger partial charge in [-0.3, -0.25) is 4.90 Å². The third-order valence-electron chi connectivity index (χ3n) is 5.78. The summed E-state index contributed by atoms with van der Waals surface area (Å²) in [5, 5.41) is 7.19. The Labute approximate surface area is 201 Å². The molecule has 2 heterocycles. The van der Waals surface area contributed by atoms with Gasteiger partial charge < -0.3 is 14.6 Å². The van der Waals surface area contributed by atoms with Crippen molar-refractivity contribution in [2.45, 2.75) is 19.9 Å². The molecule has 8 heteroatoms. The van der Waals surface area contributed by atoms with Gasteiger partial charge in [-0.1, -0.05) is 35.5 Å². The van der Waals surface area contributed by atoms with Crippen LogP contribution in [-0.2, 0) is 0 Å². The molecule has 1 aromatic heterocycles. The Morgan fingerprint density at radius 3 is 2.43 bits per heavy atom. The first-order valence-corrected chi connectivity index (χ1v) is 11.2. The minimum Gasteiger partial charge on any atom is -0.494 e. The van der Waals surface area contributed by atoms with Crippen LogP contribution < -0.4 is 15.0 Å². The van der Waals surface area contributed by atoms with Crippen molar-refractivity contribution in [2.75, 3.05) is 11.5 Å². The lowest BCUT2D eigenvalue weighted by molar-refractivity contribution is 0.244. The number of para-hydroxylation sites is 1. The molecule has 3 aromatic carbocycles. The number of carbonyl (C=O) groups excluding carboxylic acids is 1. The maximum absolute atomic E-state index is 13.4. The maximum atomic E-state index is 13.4. The highest BCUT2D eigenvalue weighted by atomic mass is 19.1. The molecule has 176 valence electrons. The monoisotopic (exact) mass is 470 g/mol. The molecule has 1 N–H and O–H groups in total. The van der Waals surface area contributed by atoms with Crippen LogP contribution in [0.3, 0.4) is 0 Å². The molecule has 0 radical (unpaired) electrons. The molecule has 1 aliphatic heterocycles. The highest BCUT2D eigenvalue weighted by molar-refractivity contribution is 6.01. The van der Waals surface area contributed by atoms with Crippen LogP contribution in [0.15, 0.2) is 89.1 Å². The van der Waals surface area contributed by atoms with Crippen molar-refractivity contribution in [1.82, 2.24) is 15.5 Å². The van der Waals surface area contributed by atoms with E-state index in [1.807, 2.05) is 68.4 Å². The summed E-state index contributed by atoms with van der Waals surface area (Å²) in [6.45, 7) is 4.33. The number of halogens is 1. The van der Waals surface area contributed by atoms with Gasteiger partial charge in [-0.15, -0.1) is 0 Å². The van der Waals surface area contributed by atoms with Crippen LogP contribution in [-0.4, -0.2) is 22.8 Å². The number of nitrogens with zero attached hydrogens (tertiary/aromatic N) is 3. The van der Waals surface area contributed by atoms with Crippen LogP contribution in [0.25, 0.3) is 17.0 Å². The second-order valence-corrected chi connectivity index (χ2v) is 7.98. The van der Waals surface area contributed by atoms with Crippen LogP contribution in [0.5, 0.6) is 5.75 Å². The van der Waals surface area contributed by atoms with E-state index in [9.17, 15) is 9.18 Å². The van der Waals surface area contributed by atoms with Gasteiger partial charge in [0.15, 0.2) is 0 Å². The molecular weight excluding hydrogens is 447 g/mol. The van der Waals surface area contributed by atoms with Crippen LogP contribution in [0.2, 0.25) is 0 Å². The van der Waals surface area contributed by atoms with Gasteiger partial charge in [0.2, 0.25) is 5.82 Å². The van der Waals surface area contributed by atoms with Gasteiger partial charge in [-0.05, 0) is 67.9 Å². The van der Waals surface area contributed by atoms with E-state index in [-0.39, 0.29) is 17.7 Å². The standard InChI is InChI=1S/C27H23FN4O3/c1-3-34-22-15-11-18(12-16-22)24-23(17(2)32(27(33)29-24)21-7-5-4-6-8-21)26-30-25(31-35-26)19-9-13-20(28)14-10-19/h4-16,24H,3H2,1-2H3,(H,29,33). The molecule has 0 bridgehead atoms. The Morgan fingerprint density at radius 2 is 1.74 bits per heavy atom. The van der Waals surface area contributed by atoms with Crippen LogP contribution in [0, 0.1) is 5.82 Å². The van der Waals surface area contributed by atoms with E-state index in [0.717, 1.165) is 11.3 Å². The molecule has 0 saturated carbocycles. The van der Waals surface area contributed by atoms with E-state index < -0.39 is 6.04 Å². The van der Waals surface area contributed by atoms with Gasteiger partial charge in [0.25, 0.3) is 5.89 Å². The van der Waals surface area contributed by atoms with Crippen molar-refractivity contribution in [2.24, 2.45) is 0 Å². The maximum Gasteiger partial charge on any atom is 0.326 e. The number of urea groups is 1. The quantitative estimate of drug-likeness (QED) is 0.375. The molecular formula is C27H23FN4O3. The van der Waals surface area contributed by atoms with Crippen LogP contribution in [0.1, 0.15) is 31.3 Å². The van der Waals surface area contributed by atoms with E-state index in [4.69, 9.17) is 9.26 Å². The lowest BCUT2D eigenvalue weighted by atomic mass is 9.94. The lowest BCUT2D eigenvalue weighted by Gasteiger charge is -2.35. The number of allylic oxidation sites excluding steroid dienone is 1. The third kappa shape index (κ3) is 4.38. The fraction of sp³-hybridized carbons (Fsp3) is 0.148. The molecule has 0 fully saturated rings. The molecule has 0 saturated heterocycles. The van der Waals surface area contributed by atoms with Crippen molar-refractivity contribution in [3.8, 4) is 17.1 Å². The number of amides is 2. The summed E-state index contributed by atoms with van der Waals surface area (Å²) in [5.74, 6) is 0.985. The fourth-order valence-electron chi connectivity index (χ4n) is 4.13. The molecule has 1 unspecified atom stereocenters. The predicted octanol–water partition coefficient (Wildman–Crippen LogP) is 5.98. The average Bonchev–Trinajstić information content (AvgIpc) is 3.35. The van der Waals surface area contributed by atoms with E-state index >= 15 is 0 Å². The van der Waals surface area contributed by atoms with E-state index in [0.29, 0.717) is 35.0 Å². The van der Waals surface area contributed by atoms with Crippen molar-refractivity contribution in [3.05, 3.63) is 102 Å². The topological polar surface area (TPSA) is 80.5 Å². The lowest BCUT2D eigenvalue weighted by Crippen LogP contribution is -2.46. The molecule has 0 aliphatic carbocycles. The van der Waals surface area contributed by atoms with E-state index in [2.05, 4.69) is 15.5 Å². The summed E-state index contributed by atoms with van der Waals surface area (Å²) in [4.78, 5) is 19.4. The van der Waals surface area contributed by atoms with Crippen LogP contribution in [0.4, 0.5) is 14.9 Å². The zero-order valence-corrected chi connectivity index (χ0v) is 19.2. The summed E-state index contributed by atoms with van der Waals surface area (Å²) < 4.78 is 24.6. The Kier molecular flexibility index (Phi) is 6.01.